The number of nitrogens with zero attached hydrogens (tertiary/aromatic N) is 2. The van der Waals surface area contributed by atoms with Crippen LogP contribution >= 0.6 is 11.3 Å². The molecule has 0 aliphatic heterocycles. The van der Waals surface area contributed by atoms with Crippen molar-refractivity contribution < 1.29 is 4.79 Å². The Morgan fingerprint density at radius 1 is 1.47 bits per heavy atom. The van der Waals surface area contributed by atoms with Gasteiger partial charge in [-0.15, -0.1) is 11.3 Å². The SMILES string of the molecule is CCc1nc(NC(=O)c2ccnc(NC)c2)sc1C. The van der Waals surface area contributed by atoms with E-state index in [0.717, 1.165) is 17.0 Å². The van der Waals surface area contributed by atoms with E-state index in [0.29, 0.717) is 16.5 Å². The second-order valence-corrected chi connectivity index (χ2v) is 5.21. The van der Waals surface area contributed by atoms with Gasteiger partial charge in [0.25, 0.3) is 5.91 Å². The maximum atomic E-state index is 12.1. The van der Waals surface area contributed by atoms with Crippen LogP contribution in [0.2, 0.25) is 0 Å². The van der Waals surface area contributed by atoms with Crippen LogP contribution in [0.4, 0.5) is 10.9 Å². The Morgan fingerprint density at radius 2 is 2.26 bits per heavy atom. The Morgan fingerprint density at radius 3 is 2.89 bits per heavy atom. The minimum atomic E-state index is -0.171. The van der Waals surface area contributed by atoms with Crippen molar-refractivity contribution >= 4 is 28.2 Å². The predicted octanol–water partition coefficient (Wildman–Crippen LogP) is 2.70. The summed E-state index contributed by atoms with van der Waals surface area (Å²) in [6.45, 7) is 4.06. The number of hydrogen-bond donors (Lipinski definition) is 2. The number of carbonyl (C=O) groups is 1. The number of aromatic nitrogens is 2. The molecule has 6 heteroatoms. The number of carbonyl (C=O) groups excluding carboxylic acids is 1. The van der Waals surface area contributed by atoms with Gasteiger partial charge in [-0.1, -0.05) is 6.92 Å². The van der Waals surface area contributed by atoms with Crippen LogP contribution in [0.5, 0.6) is 0 Å². The van der Waals surface area contributed by atoms with Crippen LogP contribution in [0.1, 0.15) is 27.9 Å². The maximum absolute atomic E-state index is 12.1. The molecule has 0 fully saturated rings. The fraction of sp³-hybridized carbons (Fsp3) is 0.308. The summed E-state index contributed by atoms with van der Waals surface area (Å²) in [5.41, 5.74) is 1.59. The van der Waals surface area contributed by atoms with Gasteiger partial charge in [-0.3, -0.25) is 10.1 Å². The van der Waals surface area contributed by atoms with E-state index < -0.39 is 0 Å². The van der Waals surface area contributed by atoms with Crippen molar-refractivity contribution in [1.82, 2.24) is 9.97 Å². The summed E-state index contributed by atoms with van der Waals surface area (Å²) in [5, 5.41) is 6.36. The lowest BCUT2D eigenvalue weighted by molar-refractivity contribution is 0.102. The van der Waals surface area contributed by atoms with Crippen molar-refractivity contribution in [1.29, 1.82) is 0 Å². The first-order chi connectivity index (χ1) is 9.13. The van der Waals surface area contributed by atoms with E-state index in [1.54, 1.807) is 25.4 Å². The molecule has 0 atom stereocenters. The predicted molar refractivity (Wildman–Crippen MR) is 78.0 cm³/mol. The smallest absolute Gasteiger partial charge is 0.257 e. The first kappa shape index (κ1) is 13.5. The van der Waals surface area contributed by atoms with E-state index in [2.05, 4.69) is 27.5 Å². The second-order valence-electron chi connectivity index (χ2n) is 4.01. The highest BCUT2D eigenvalue weighted by molar-refractivity contribution is 7.15. The average molecular weight is 276 g/mol. The Hall–Kier alpha value is -1.95. The van der Waals surface area contributed by atoms with Crippen LogP contribution in [0.25, 0.3) is 0 Å². The summed E-state index contributed by atoms with van der Waals surface area (Å²) in [5.74, 6) is 0.493. The van der Waals surface area contributed by atoms with Crippen molar-refractivity contribution in [3.05, 3.63) is 34.5 Å². The highest BCUT2D eigenvalue weighted by Gasteiger charge is 2.11. The van der Waals surface area contributed by atoms with Crippen LogP contribution in [0.15, 0.2) is 18.3 Å². The van der Waals surface area contributed by atoms with Gasteiger partial charge >= 0.3 is 0 Å². The molecule has 2 heterocycles. The molecule has 2 N–H and O–H groups in total. The number of nitrogens with one attached hydrogen (secondary N) is 2. The van der Waals surface area contributed by atoms with Gasteiger partial charge in [0.2, 0.25) is 0 Å². The normalized spacial score (nSPS) is 10.3. The summed E-state index contributed by atoms with van der Waals surface area (Å²) in [6.07, 6.45) is 2.47. The molecule has 2 aromatic heterocycles. The van der Waals surface area contributed by atoms with E-state index in [9.17, 15) is 4.79 Å². The third-order valence-electron chi connectivity index (χ3n) is 2.73. The van der Waals surface area contributed by atoms with Crippen molar-refractivity contribution in [2.24, 2.45) is 0 Å². The van der Waals surface area contributed by atoms with Gasteiger partial charge < -0.3 is 5.32 Å². The molecule has 1 amide bonds. The van der Waals surface area contributed by atoms with E-state index >= 15 is 0 Å². The Bertz CT molecular complexity index is 594. The fourth-order valence-electron chi connectivity index (χ4n) is 1.69. The zero-order valence-corrected chi connectivity index (χ0v) is 12.0. The monoisotopic (exact) mass is 276 g/mol. The number of rotatable bonds is 4. The molecular formula is C13H16N4OS. The van der Waals surface area contributed by atoms with Gasteiger partial charge in [-0.05, 0) is 25.5 Å². The van der Waals surface area contributed by atoms with Crippen LogP contribution in [0.3, 0.4) is 0 Å². The number of pyridine rings is 1. The molecule has 0 radical (unpaired) electrons. The highest BCUT2D eigenvalue weighted by atomic mass is 32.1. The lowest BCUT2D eigenvalue weighted by Crippen LogP contribution is -2.12. The van der Waals surface area contributed by atoms with E-state index in [1.807, 2.05) is 6.92 Å². The number of thiazole rings is 1. The largest absolute Gasteiger partial charge is 0.373 e. The molecule has 0 saturated carbocycles. The molecule has 2 aromatic rings. The topological polar surface area (TPSA) is 66.9 Å². The van der Waals surface area contributed by atoms with Gasteiger partial charge in [-0.2, -0.15) is 0 Å². The lowest BCUT2D eigenvalue weighted by atomic mass is 10.2. The number of anilines is 2. The van der Waals surface area contributed by atoms with Gasteiger partial charge in [0.1, 0.15) is 5.82 Å². The summed E-state index contributed by atoms with van der Waals surface area (Å²) in [6, 6.07) is 3.38. The molecule has 0 spiro atoms. The zero-order valence-electron chi connectivity index (χ0n) is 11.2. The van der Waals surface area contributed by atoms with E-state index in [1.165, 1.54) is 11.3 Å². The first-order valence-corrected chi connectivity index (χ1v) is 6.87. The maximum Gasteiger partial charge on any atom is 0.257 e. The minimum absolute atomic E-state index is 0.171. The fourth-order valence-corrected chi connectivity index (χ4v) is 2.58. The Balaban J connectivity index is 2.15. The summed E-state index contributed by atoms with van der Waals surface area (Å²) >= 11 is 1.50. The number of amides is 1. The van der Waals surface area contributed by atoms with Gasteiger partial charge in [0.05, 0.1) is 5.69 Å². The summed E-state index contributed by atoms with van der Waals surface area (Å²) < 4.78 is 0. The molecule has 19 heavy (non-hydrogen) atoms. The third kappa shape index (κ3) is 3.08. The van der Waals surface area contributed by atoms with Gasteiger partial charge in [-0.25, -0.2) is 9.97 Å². The van der Waals surface area contributed by atoms with E-state index in [4.69, 9.17) is 0 Å². The van der Waals surface area contributed by atoms with Crippen molar-refractivity contribution in [2.45, 2.75) is 20.3 Å². The first-order valence-electron chi connectivity index (χ1n) is 6.05. The quantitative estimate of drug-likeness (QED) is 0.901. The molecule has 100 valence electrons. The molecule has 0 aliphatic carbocycles. The van der Waals surface area contributed by atoms with Crippen LogP contribution < -0.4 is 10.6 Å². The van der Waals surface area contributed by atoms with Gasteiger partial charge in [0.15, 0.2) is 5.13 Å². The van der Waals surface area contributed by atoms with Crippen LogP contribution in [-0.4, -0.2) is 22.9 Å². The number of hydrogen-bond acceptors (Lipinski definition) is 5. The molecule has 5 nitrogen and oxygen atoms in total. The molecule has 2 rings (SSSR count). The third-order valence-corrected chi connectivity index (χ3v) is 3.65. The molecule has 0 bridgehead atoms. The molecule has 0 saturated heterocycles. The molecule has 0 aliphatic rings. The highest BCUT2D eigenvalue weighted by Crippen LogP contribution is 2.23. The standard InChI is InChI=1S/C13H16N4OS/c1-4-10-8(2)19-13(16-10)17-12(18)9-5-6-15-11(7-9)14-3/h5-7H,4H2,1-3H3,(H,14,15)(H,16,17,18). The second kappa shape index (κ2) is 5.79. The minimum Gasteiger partial charge on any atom is -0.373 e. The lowest BCUT2D eigenvalue weighted by Gasteiger charge is -2.03. The Kier molecular flexibility index (Phi) is 4.11. The average Bonchev–Trinajstić information content (AvgIpc) is 2.78. The van der Waals surface area contributed by atoms with E-state index in [-0.39, 0.29) is 5.91 Å². The van der Waals surface area contributed by atoms with Gasteiger partial charge in [0, 0.05) is 23.7 Å². The van der Waals surface area contributed by atoms with Crippen LogP contribution in [-0.2, 0) is 6.42 Å². The summed E-state index contributed by atoms with van der Waals surface area (Å²) in [7, 11) is 1.77. The zero-order chi connectivity index (χ0) is 13.8. The van der Waals surface area contributed by atoms with Crippen molar-refractivity contribution in [3.63, 3.8) is 0 Å². The summed E-state index contributed by atoms with van der Waals surface area (Å²) in [4.78, 5) is 21.7. The van der Waals surface area contributed by atoms with Crippen molar-refractivity contribution in [2.75, 3.05) is 17.7 Å². The molecule has 0 unspecified atom stereocenters. The molecular weight excluding hydrogens is 260 g/mol. The van der Waals surface area contributed by atoms with Crippen molar-refractivity contribution in [3.8, 4) is 0 Å². The molecule has 0 aromatic carbocycles. The van der Waals surface area contributed by atoms with Crippen LogP contribution in [0, 0.1) is 6.92 Å². The number of aryl methyl sites for hydroxylation is 2. The Labute approximate surface area is 116 Å².